The highest BCUT2D eigenvalue weighted by molar-refractivity contribution is 14.1. The number of thioether (sulfide) groups is 1. The van der Waals surface area contributed by atoms with Crippen molar-refractivity contribution < 1.29 is 19.2 Å². The average molecular weight is 730 g/mol. The Labute approximate surface area is 235 Å². The third-order valence-corrected chi connectivity index (χ3v) is 7.76. The van der Waals surface area contributed by atoms with Crippen LogP contribution in [0.25, 0.3) is 6.08 Å². The van der Waals surface area contributed by atoms with E-state index in [-0.39, 0.29) is 17.1 Å². The molecule has 7 nitrogen and oxygen atoms in total. The van der Waals surface area contributed by atoms with E-state index < -0.39 is 16.1 Å². The monoisotopic (exact) mass is 728 g/mol. The summed E-state index contributed by atoms with van der Waals surface area (Å²) < 4.78 is 8.50. The van der Waals surface area contributed by atoms with Gasteiger partial charge in [0, 0.05) is 15.7 Å². The van der Waals surface area contributed by atoms with E-state index in [0.29, 0.717) is 32.4 Å². The number of hydrogen-bond acceptors (Lipinski definition) is 6. The van der Waals surface area contributed by atoms with Crippen LogP contribution < -0.4 is 4.74 Å². The Bertz CT molecular complexity index is 1340. The number of nitrogens with zero attached hydrogens (tertiary/aromatic N) is 2. The van der Waals surface area contributed by atoms with Gasteiger partial charge in [-0.15, -0.1) is 0 Å². The van der Waals surface area contributed by atoms with E-state index in [2.05, 4.69) is 54.5 Å². The molecule has 178 valence electrons. The Balaban J connectivity index is 1.49. The van der Waals surface area contributed by atoms with Gasteiger partial charge in [0.1, 0.15) is 12.4 Å². The summed E-state index contributed by atoms with van der Waals surface area (Å²) in [5.74, 6) is 0.178. The minimum atomic E-state index is -0.513. The molecule has 0 N–H and O–H groups in total. The van der Waals surface area contributed by atoms with E-state index in [1.807, 2.05) is 36.4 Å². The van der Waals surface area contributed by atoms with Gasteiger partial charge in [0.05, 0.1) is 25.3 Å². The van der Waals surface area contributed by atoms with E-state index in [9.17, 15) is 19.7 Å². The van der Waals surface area contributed by atoms with Crippen LogP contribution in [0.3, 0.4) is 0 Å². The minimum absolute atomic E-state index is 0.0393. The molecule has 35 heavy (non-hydrogen) atoms. The van der Waals surface area contributed by atoms with E-state index in [1.54, 1.807) is 12.1 Å². The van der Waals surface area contributed by atoms with Crippen LogP contribution >= 0.6 is 66.2 Å². The van der Waals surface area contributed by atoms with Crippen LogP contribution in [0.15, 0.2) is 74.5 Å². The van der Waals surface area contributed by atoms with Crippen molar-refractivity contribution in [2.24, 2.45) is 0 Å². The maximum absolute atomic E-state index is 12.9. The fraction of sp³-hybridized carbons (Fsp3) is 0.0833. The normalized spacial score (nSPS) is 14.6. The Morgan fingerprint density at radius 3 is 2.37 bits per heavy atom. The molecule has 1 aliphatic heterocycles. The fourth-order valence-corrected chi connectivity index (χ4v) is 5.92. The van der Waals surface area contributed by atoms with Gasteiger partial charge in [-0.3, -0.25) is 24.6 Å². The van der Waals surface area contributed by atoms with Gasteiger partial charge in [0.15, 0.2) is 0 Å². The number of imide groups is 1. The van der Waals surface area contributed by atoms with Gasteiger partial charge in [-0.2, -0.15) is 0 Å². The highest BCUT2D eigenvalue weighted by Crippen LogP contribution is 2.38. The van der Waals surface area contributed by atoms with Crippen molar-refractivity contribution in [3.8, 4) is 5.75 Å². The number of nitro benzene ring substituents is 1. The van der Waals surface area contributed by atoms with Crippen molar-refractivity contribution >= 4 is 89.1 Å². The molecule has 1 fully saturated rings. The summed E-state index contributed by atoms with van der Waals surface area (Å²) in [4.78, 5) is 37.2. The van der Waals surface area contributed by atoms with E-state index in [1.165, 1.54) is 18.2 Å². The second kappa shape index (κ2) is 11.2. The summed E-state index contributed by atoms with van der Waals surface area (Å²) in [7, 11) is 0. The molecule has 3 aromatic carbocycles. The van der Waals surface area contributed by atoms with Crippen molar-refractivity contribution in [1.29, 1.82) is 0 Å². The molecule has 1 heterocycles. The van der Waals surface area contributed by atoms with E-state index >= 15 is 0 Å². The lowest BCUT2D eigenvalue weighted by Gasteiger charge is -2.12. The lowest BCUT2D eigenvalue weighted by atomic mass is 10.1. The first-order valence-corrected chi connectivity index (χ1v) is 13.5. The maximum Gasteiger partial charge on any atom is 0.293 e. The molecule has 0 radical (unpaired) electrons. The van der Waals surface area contributed by atoms with E-state index in [4.69, 9.17) is 4.74 Å². The zero-order valence-electron chi connectivity index (χ0n) is 17.7. The Kier molecular flexibility index (Phi) is 8.30. The van der Waals surface area contributed by atoms with Crippen molar-refractivity contribution in [3.63, 3.8) is 0 Å². The van der Waals surface area contributed by atoms with Crippen molar-refractivity contribution in [2.45, 2.75) is 13.2 Å². The molecule has 1 aliphatic rings. The van der Waals surface area contributed by atoms with Crippen LogP contribution in [0.4, 0.5) is 10.5 Å². The van der Waals surface area contributed by atoms with Crippen LogP contribution in [0, 0.1) is 13.7 Å². The van der Waals surface area contributed by atoms with Gasteiger partial charge in [-0.05, 0) is 113 Å². The minimum Gasteiger partial charge on any atom is -0.487 e. The molecule has 0 aliphatic carbocycles. The first-order chi connectivity index (χ1) is 16.7. The quantitative estimate of drug-likeness (QED) is 0.108. The summed E-state index contributed by atoms with van der Waals surface area (Å²) in [6.07, 6.45) is 1.64. The van der Waals surface area contributed by atoms with Gasteiger partial charge in [0.25, 0.3) is 16.8 Å². The predicted molar refractivity (Wildman–Crippen MR) is 150 cm³/mol. The summed E-state index contributed by atoms with van der Waals surface area (Å²) in [6.45, 7) is 0.354. The first-order valence-electron chi connectivity index (χ1n) is 10.1. The zero-order valence-corrected chi connectivity index (χ0v) is 23.9. The first kappa shape index (κ1) is 25.9. The second-order valence-corrected chi connectivity index (χ2v) is 11.4. The molecule has 0 aromatic heterocycles. The largest absolute Gasteiger partial charge is 0.487 e. The summed E-state index contributed by atoms with van der Waals surface area (Å²) in [6, 6.07) is 17.5. The molecule has 0 unspecified atom stereocenters. The molecule has 0 bridgehead atoms. The second-order valence-electron chi connectivity index (χ2n) is 7.42. The summed E-state index contributed by atoms with van der Waals surface area (Å²) >= 11 is 10.1. The number of halogens is 3. The van der Waals surface area contributed by atoms with Crippen LogP contribution in [0.2, 0.25) is 0 Å². The Hall–Kier alpha value is -2.22. The molecule has 11 heteroatoms. The number of carbonyl (C=O) groups is 2. The zero-order chi connectivity index (χ0) is 25.1. The van der Waals surface area contributed by atoms with Crippen molar-refractivity contribution in [2.75, 3.05) is 0 Å². The highest BCUT2D eigenvalue weighted by Gasteiger charge is 2.35. The third kappa shape index (κ3) is 6.32. The average Bonchev–Trinajstić information content (AvgIpc) is 3.07. The molecule has 3 aromatic rings. The molecule has 0 spiro atoms. The van der Waals surface area contributed by atoms with Crippen molar-refractivity contribution in [3.05, 3.63) is 105 Å². The number of rotatable bonds is 7. The highest BCUT2D eigenvalue weighted by atomic mass is 127. The predicted octanol–water partition coefficient (Wildman–Crippen LogP) is 7.54. The number of ether oxygens (including phenoxy) is 1. The lowest BCUT2D eigenvalue weighted by molar-refractivity contribution is -0.384. The van der Waals surface area contributed by atoms with E-state index in [0.717, 1.165) is 25.8 Å². The molecular weight excluding hydrogens is 715 g/mol. The molecule has 2 amide bonds. The molecular formula is C24H15Br2IN2O5S. The molecule has 4 rings (SSSR count). The number of hydrogen-bond donors (Lipinski definition) is 0. The van der Waals surface area contributed by atoms with Crippen LogP contribution in [-0.2, 0) is 17.9 Å². The van der Waals surface area contributed by atoms with Gasteiger partial charge < -0.3 is 4.74 Å². The Morgan fingerprint density at radius 1 is 1.03 bits per heavy atom. The van der Waals surface area contributed by atoms with Crippen molar-refractivity contribution in [1.82, 2.24) is 4.90 Å². The smallest absolute Gasteiger partial charge is 0.293 e. The van der Waals surface area contributed by atoms with Crippen LogP contribution in [-0.4, -0.2) is 21.0 Å². The lowest BCUT2D eigenvalue weighted by Crippen LogP contribution is -2.27. The number of benzene rings is 3. The summed E-state index contributed by atoms with van der Waals surface area (Å²) in [5.41, 5.74) is 2.14. The maximum atomic E-state index is 12.9. The topological polar surface area (TPSA) is 89.8 Å². The fourth-order valence-electron chi connectivity index (χ4n) is 3.28. The number of nitro groups is 1. The van der Waals surface area contributed by atoms with Crippen LogP contribution in [0.5, 0.6) is 5.75 Å². The number of non-ortho nitro benzene ring substituents is 1. The van der Waals surface area contributed by atoms with Gasteiger partial charge in [-0.25, -0.2) is 0 Å². The molecule has 0 atom stereocenters. The van der Waals surface area contributed by atoms with Gasteiger partial charge in [0.2, 0.25) is 0 Å². The standard InChI is InChI=1S/C24H15Br2IN2O5S/c25-19-9-16(10-20(26)22(19)34-13-14-4-6-17(27)7-5-14)11-21-23(30)28(24(31)35-21)12-15-2-1-3-18(8-15)29(32)33/h1-11H,12-13H2/b21-11+. The van der Waals surface area contributed by atoms with Crippen LogP contribution in [0.1, 0.15) is 16.7 Å². The molecule has 1 saturated heterocycles. The SMILES string of the molecule is O=C1S/C(=C/c2cc(Br)c(OCc3ccc(I)cc3)c(Br)c2)C(=O)N1Cc1cccc([N+](=O)[O-])c1. The van der Waals surface area contributed by atoms with Gasteiger partial charge >= 0.3 is 0 Å². The number of amides is 2. The number of carbonyl (C=O) groups excluding carboxylic acids is 2. The third-order valence-electron chi connectivity index (χ3n) is 4.95. The van der Waals surface area contributed by atoms with Gasteiger partial charge in [-0.1, -0.05) is 24.3 Å². The summed E-state index contributed by atoms with van der Waals surface area (Å²) in [5, 5.41) is 10.6. The Morgan fingerprint density at radius 2 is 1.71 bits per heavy atom. The molecule has 0 saturated carbocycles.